The highest BCUT2D eigenvalue weighted by Crippen LogP contribution is 2.10. The van der Waals surface area contributed by atoms with Crippen LogP contribution < -0.4 is 5.32 Å². The topological polar surface area (TPSA) is 54.2 Å². The van der Waals surface area contributed by atoms with Crippen LogP contribution in [0.1, 0.15) is 24.2 Å². The molecule has 2 heterocycles. The van der Waals surface area contributed by atoms with Gasteiger partial charge in [0.15, 0.2) is 5.82 Å². The largest absolute Gasteiger partial charge is 0.338 e. The van der Waals surface area contributed by atoms with E-state index in [-0.39, 0.29) is 0 Å². The first-order valence-corrected chi connectivity index (χ1v) is 7.11. The molecule has 5 nitrogen and oxygen atoms in total. The summed E-state index contributed by atoms with van der Waals surface area (Å²) in [5.74, 6) is 1.47. The first-order valence-electron chi connectivity index (χ1n) is 7.11. The molecule has 0 aliphatic carbocycles. The number of hydrogen-bond donors (Lipinski definition) is 1. The standard InChI is InChI=1S/C15H20N4O/c1-12-10-16-7-8-19(12)11-15-17-14(18-20-15)9-13-5-3-2-4-6-13/h2-6,12,16H,7-11H2,1H3/t12-/m1/s1. The Morgan fingerprint density at radius 3 is 3.00 bits per heavy atom. The van der Waals surface area contributed by atoms with Gasteiger partial charge in [0.05, 0.1) is 6.54 Å². The van der Waals surface area contributed by atoms with Gasteiger partial charge in [0.25, 0.3) is 0 Å². The van der Waals surface area contributed by atoms with E-state index >= 15 is 0 Å². The minimum Gasteiger partial charge on any atom is -0.338 e. The lowest BCUT2D eigenvalue weighted by atomic mass is 10.1. The van der Waals surface area contributed by atoms with E-state index in [2.05, 4.69) is 39.4 Å². The number of piperazine rings is 1. The van der Waals surface area contributed by atoms with E-state index in [9.17, 15) is 0 Å². The molecule has 0 radical (unpaired) electrons. The molecule has 20 heavy (non-hydrogen) atoms. The van der Waals surface area contributed by atoms with Crippen molar-refractivity contribution in [3.05, 3.63) is 47.6 Å². The van der Waals surface area contributed by atoms with Crippen LogP contribution in [-0.4, -0.2) is 40.7 Å². The third-order valence-electron chi connectivity index (χ3n) is 3.69. The summed E-state index contributed by atoms with van der Waals surface area (Å²) < 4.78 is 5.36. The molecule has 0 saturated carbocycles. The molecule has 0 unspecified atom stereocenters. The SMILES string of the molecule is C[C@@H]1CNCCN1Cc1nc(Cc2ccccc2)no1. The van der Waals surface area contributed by atoms with E-state index < -0.39 is 0 Å². The summed E-state index contributed by atoms with van der Waals surface area (Å²) in [4.78, 5) is 6.87. The summed E-state index contributed by atoms with van der Waals surface area (Å²) in [6.07, 6.45) is 0.724. The normalized spacial score (nSPS) is 20.1. The predicted molar refractivity (Wildman–Crippen MR) is 76.3 cm³/mol. The van der Waals surface area contributed by atoms with Gasteiger partial charge in [-0.3, -0.25) is 4.90 Å². The van der Waals surface area contributed by atoms with Gasteiger partial charge < -0.3 is 9.84 Å². The fourth-order valence-corrected chi connectivity index (χ4v) is 2.50. The predicted octanol–water partition coefficient (Wildman–Crippen LogP) is 1.45. The molecule has 0 amide bonds. The Hall–Kier alpha value is -1.72. The Bertz CT molecular complexity index is 540. The van der Waals surface area contributed by atoms with Crippen LogP contribution in [0.15, 0.2) is 34.9 Å². The van der Waals surface area contributed by atoms with Crippen LogP contribution in [0.4, 0.5) is 0 Å². The van der Waals surface area contributed by atoms with E-state index in [4.69, 9.17) is 4.52 Å². The fraction of sp³-hybridized carbons (Fsp3) is 0.467. The van der Waals surface area contributed by atoms with Crippen LogP contribution in [0.3, 0.4) is 0 Å². The van der Waals surface area contributed by atoms with Gasteiger partial charge in [-0.1, -0.05) is 35.5 Å². The molecule has 3 rings (SSSR count). The minimum atomic E-state index is 0.508. The second-order valence-corrected chi connectivity index (χ2v) is 5.29. The lowest BCUT2D eigenvalue weighted by molar-refractivity contribution is 0.146. The zero-order chi connectivity index (χ0) is 13.8. The quantitative estimate of drug-likeness (QED) is 0.913. The van der Waals surface area contributed by atoms with Gasteiger partial charge in [0.2, 0.25) is 5.89 Å². The molecule has 1 saturated heterocycles. The molecular formula is C15H20N4O. The van der Waals surface area contributed by atoms with Gasteiger partial charge in [-0.15, -0.1) is 0 Å². The Kier molecular flexibility index (Phi) is 4.08. The second kappa shape index (κ2) is 6.15. The molecular weight excluding hydrogens is 252 g/mol. The summed E-state index contributed by atoms with van der Waals surface area (Å²) in [6, 6.07) is 10.7. The van der Waals surface area contributed by atoms with E-state index in [1.807, 2.05) is 18.2 Å². The van der Waals surface area contributed by atoms with Crippen molar-refractivity contribution in [1.29, 1.82) is 0 Å². The molecule has 1 N–H and O–H groups in total. The zero-order valence-corrected chi connectivity index (χ0v) is 11.7. The smallest absolute Gasteiger partial charge is 0.240 e. The maximum atomic E-state index is 5.36. The average Bonchev–Trinajstić information content (AvgIpc) is 2.90. The number of nitrogens with zero attached hydrogens (tertiary/aromatic N) is 3. The van der Waals surface area contributed by atoms with E-state index in [0.717, 1.165) is 38.4 Å². The summed E-state index contributed by atoms with van der Waals surface area (Å²) >= 11 is 0. The molecule has 5 heteroatoms. The highest BCUT2D eigenvalue weighted by molar-refractivity contribution is 5.18. The van der Waals surface area contributed by atoms with Crippen molar-refractivity contribution in [2.45, 2.75) is 25.9 Å². The Balaban J connectivity index is 1.62. The molecule has 0 bridgehead atoms. The first kappa shape index (κ1) is 13.3. The highest BCUT2D eigenvalue weighted by atomic mass is 16.5. The van der Waals surface area contributed by atoms with Crippen LogP contribution in [0.5, 0.6) is 0 Å². The third-order valence-corrected chi connectivity index (χ3v) is 3.69. The Labute approximate surface area is 119 Å². The summed E-state index contributed by atoms with van der Waals surface area (Å²) in [7, 11) is 0. The first-order chi connectivity index (χ1) is 9.81. The maximum Gasteiger partial charge on any atom is 0.240 e. The highest BCUT2D eigenvalue weighted by Gasteiger charge is 2.20. The minimum absolute atomic E-state index is 0.508. The zero-order valence-electron chi connectivity index (χ0n) is 11.7. The molecule has 1 atom stereocenters. The molecule has 1 aliphatic rings. The number of aromatic nitrogens is 2. The molecule has 0 spiro atoms. The van der Waals surface area contributed by atoms with E-state index in [0.29, 0.717) is 11.9 Å². The van der Waals surface area contributed by atoms with E-state index in [1.165, 1.54) is 5.56 Å². The van der Waals surface area contributed by atoms with Crippen molar-refractivity contribution in [2.24, 2.45) is 0 Å². The van der Waals surface area contributed by atoms with Gasteiger partial charge >= 0.3 is 0 Å². The van der Waals surface area contributed by atoms with Crippen molar-refractivity contribution in [3.63, 3.8) is 0 Å². The number of rotatable bonds is 4. The van der Waals surface area contributed by atoms with Crippen LogP contribution in [0.2, 0.25) is 0 Å². The maximum absolute atomic E-state index is 5.36. The van der Waals surface area contributed by atoms with Crippen LogP contribution >= 0.6 is 0 Å². The molecule has 1 aromatic heterocycles. The van der Waals surface area contributed by atoms with Gasteiger partial charge in [0, 0.05) is 32.1 Å². The number of nitrogens with one attached hydrogen (secondary N) is 1. The molecule has 1 fully saturated rings. The number of hydrogen-bond acceptors (Lipinski definition) is 5. The van der Waals surface area contributed by atoms with Gasteiger partial charge in [-0.05, 0) is 12.5 Å². The second-order valence-electron chi connectivity index (χ2n) is 5.29. The van der Waals surface area contributed by atoms with Crippen molar-refractivity contribution in [1.82, 2.24) is 20.4 Å². The molecule has 1 aromatic carbocycles. The van der Waals surface area contributed by atoms with E-state index in [1.54, 1.807) is 0 Å². The Morgan fingerprint density at radius 1 is 1.35 bits per heavy atom. The van der Waals surface area contributed by atoms with Crippen molar-refractivity contribution >= 4 is 0 Å². The lowest BCUT2D eigenvalue weighted by Crippen LogP contribution is -2.49. The molecule has 1 aliphatic heterocycles. The van der Waals surface area contributed by atoms with Crippen LogP contribution in [0.25, 0.3) is 0 Å². The van der Waals surface area contributed by atoms with Crippen LogP contribution in [-0.2, 0) is 13.0 Å². The fourth-order valence-electron chi connectivity index (χ4n) is 2.50. The monoisotopic (exact) mass is 272 g/mol. The van der Waals surface area contributed by atoms with Crippen molar-refractivity contribution in [3.8, 4) is 0 Å². The van der Waals surface area contributed by atoms with Crippen molar-refractivity contribution < 1.29 is 4.52 Å². The third kappa shape index (κ3) is 3.23. The number of benzene rings is 1. The summed E-state index contributed by atoms with van der Waals surface area (Å²) in [5, 5.41) is 7.45. The lowest BCUT2D eigenvalue weighted by Gasteiger charge is -2.32. The van der Waals surface area contributed by atoms with Gasteiger partial charge in [0.1, 0.15) is 0 Å². The summed E-state index contributed by atoms with van der Waals surface area (Å²) in [6.45, 7) is 6.02. The average molecular weight is 272 g/mol. The Morgan fingerprint density at radius 2 is 2.20 bits per heavy atom. The van der Waals surface area contributed by atoms with Gasteiger partial charge in [-0.25, -0.2) is 0 Å². The van der Waals surface area contributed by atoms with Crippen molar-refractivity contribution in [2.75, 3.05) is 19.6 Å². The van der Waals surface area contributed by atoms with Gasteiger partial charge in [-0.2, -0.15) is 4.98 Å². The molecule has 106 valence electrons. The molecule has 2 aromatic rings. The van der Waals surface area contributed by atoms with Crippen LogP contribution in [0, 0.1) is 0 Å². The summed E-state index contributed by atoms with van der Waals surface area (Å²) in [5.41, 5.74) is 1.20.